The fourth-order valence-electron chi connectivity index (χ4n) is 4.61. The number of carboxylic acids is 1. The summed E-state index contributed by atoms with van der Waals surface area (Å²) in [5, 5.41) is 8.99. The minimum atomic E-state index is -0.791. The fourth-order valence-corrected chi connectivity index (χ4v) is 4.61. The topological polar surface area (TPSA) is 64.1 Å². The SMILES string of the molecule is O=C(O)C1CN(Cc2ccc(N3CCN(c4ccc(Cc5ccccc5)cc4)C3=O)c(F)c2)C1. The lowest BCUT2D eigenvalue weighted by atomic mass is 9.99. The molecule has 174 valence electrons. The molecule has 2 fully saturated rings. The van der Waals surface area contributed by atoms with E-state index >= 15 is 0 Å². The summed E-state index contributed by atoms with van der Waals surface area (Å²) in [6, 6.07) is 22.8. The van der Waals surface area contributed by atoms with E-state index in [9.17, 15) is 14.0 Å². The van der Waals surface area contributed by atoms with Gasteiger partial charge >= 0.3 is 12.0 Å². The number of anilines is 2. The summed E-state index contributed by atoms with van der Waals surface area (Å²) in [4.78, 5) is 29.1. The molecule has 34 heavy (non-hydrogen) atoms. The highest BCUT2D eigenvalue weighted by molar-refractivity contribution is 6.06. The molecular weight excluding hydrogens is 433 g/mol. The zero-order chi connectivity index (χ0) is 23.7. The third-order valence-electron chi connectivity index (χ3n) is 6.52. The summed E-state index contributed by atoms with van der Waals surface area (Å²) in [6.07, 6.45) is 0.827. The van der Waals surface area contributed by atoms with E-state index in [1.807, 2.05) is 47.4 Å². The third-order valence-corrected chi connectivity index (χ3v) is 6.52. The Morgan fingerprint density at radius 3 is 2.21 bits per heavy atom. The van der Waals surface area contributed by atoms with Crippen LogP contribution >= 0.6 is 0 Å². The average Bonchev–Trinajstić information content (AvgIpc) is 3.18. The maximum absolute atomic E-state index is 14.9. The van der Waals surface area contributed by atoms with Crippen molar-refractivity contribution in [3.63, 3.8) is 0 Å². The van der Waals surface area contributed by atoms with Gasteiger partial charge in [-0.2, -0.15) is 0 Å². The van der Waals surface area contributed by atoms with Crippen molar-refractivity contribution in [1.29, 1.82) is 0 Å². The highest BCUT2D eigenvalue weighted by atomic mass is 19.1. The lowest BCUT2D eigenvalue weighted by molar-refractivity contribution is -0.147. The molecule has 0 aromatic heterocycles. The Kier molecular flexibility index (Phi) is 6.02. The number of nitrogens with zero attached hydrogens (tertiary/aromatic N) is 3. The maximum atomic E-state index is 14.9. The summed E-state index contributed by atoms with van der Waals surface area (Å²) >= 11 is 0. The summed E-state index contributed by atoms with van der Waals surface area (Å²) in [7, 11) is 0. The van der Waals surface area contributed by atoms with Gasteiger partial charge in [0, 0.05) is 38.4 Å². The normalized spacial score (nSPS) is 16.7. The molecule has 0 atom stereocenters. The molecule has 0 bridgehead atoms. The lowest BCUT2D eigenvalue weighted by Gasteiger charge is -2.36. The first-order chi connectivity index (χ1) is 16.5. The van der Waals surface area contributed by atoms with Crippen molar-refractivity contribution in [3.8, 4) is 0 Å². The molecule has 3 aromatic rings. The van der Waals surface area contributed by atoms with Crippen molar-refractivity contribution in [2.24, 2.45) is 5.92 Å². The number of halogens is 1. The molecule has 2 saturated heterocycles. The highest BCUT2D eigenvalue weighted by Gasteiger charge is 2.34. The van der Waals surface area contributed by atoms with Gasteiger partial charge < -0.3 is 5.11 Å². The fraction of sp³-hybridized carbons (Fsp3) is 0.259. The van der Waals surface area contributed by atoms with Crippen molar-refractivity contribution >= 4 is 23.4 Å². The van der Waals surface area contributed by atoms with Gasteiger partial charge in [0.25, 0.3) is 0 Å². The molecule has 0 spiro atoms. The third kappa shape index (κ3) is 4.52. The first-order valence-electron chi connectivity index (χ1n) is 11.4. The minimum absolute atomic E-state index is 0.241. The minimum Gasteiger partial charge on any atom is -0.481 e. The molecule has 2 amide bonds. The van der Waals surface area contributed by atoms with Crippen molar-refractivity contribution in [2.75, 3.05) is 36.0 Å². The van der Waals surface area contributed by atoms with Crippen molar-refractivity contribution in [1.82, 2.24) is 4.90 Å². The summed E-state index contributed by atoms with van der Waals surface area (Å²) in [6.45, 7) is 2.34. The molecule has 1 N–H and O–H groups in total. The van der Waals surface area contributed by atoms with Crippen molar-refractivity contribution < 1.29 is 19.1 Å². The molecular formula is C27H26FN3O3. The van der Waals surface area contributed by atoms with Crippen molar-refractivity contribution in [2.45, 2.75) is 13.0 Å². The summed E-state index contributed by atoms with van der Waals surface area (Å²) < 4.78 is 14.9. The number of hydrogen-bond donors (Lipinski definition) is 1. The molecule has 7 heteroatoms. The van der Waals surface area contributed by atoms with E-state index in [2.05, 4.69) is 12.1 Å². The Labute approximate surface area is 197 Å². The van der Waals surface area contributed by atoms with Gasteiger partial charge in [-0.15, -0.1) is 0 Å². The van der Waals surface area contributed by atoms with Gasteiger partial charge in [-0.25, -0.2) is 9.18 Å². The van der Waals surface area contributed by atoms with E-state index in [0.29, 0.717) is 32.7 Å². The molecule has 5 rings (SSSR count). The van der Waals surface area contributed by atoms with Crippen LogP contribution < -0.4 is 9.80 Å². The Morgan fingerprint density at radius 1 is 0.882 bits per heavy atom. The molecule has 0 radical (unpaired) electrons. The first kappa shape index (κ1) is 22.1. The van der Waals surface area contributed by atoms with Crippen LogP contribution in [-0.2, 0) is 17.8 Å². The number of amides is 2. The zero-order valence-corrected chi connectivity index (χ0v) is 18.7. The summed E-state index contributed by atoms with van der Waals surface area (Å²) in [5.41, 5.74) is 4.23. The van der Waals surface area contributed by atoms with Crippen LogP contribution in [0.25, 0.3) is 0 Å². The molecule has 6 nitrogen and oxygen atoms in total. The average molecular weight is 460 g/mol. The predicted molar refractivity (Wildman–Crippen MR) is 129 cm³/mol. The largest absolute Gasteiger partial charge is 0.481 e. The van der Waals surface area contributed by atoms with Gasteiger partial charge in [0.15, 0.2) is 0 Å². The molecule has 0 aliphatic carbocycles. The van der Waals surface area contributed by atoms with Gasteiger partial charge in [-0.3, -0.25) is 19.5 Å². The molecule has 0 unspecified atom stereocenters. The zero-order valence-electron chi connectivity index (χ0n) is 18.7. The van der Waals surface area contributed by atoms with E-state index < -0.39 is 11.8 Å². The number of carboxylic acid groups (broad SMARTS) is 1. The van der Waals surface area contributed by atoms with E-state index in [4.69, 9.17) is 5.11 Å². The highest BCUT2D eigenvalue weighted by Crippen LogP contribution is 2.29. The quantitative estimate of drug-likeness (QED) is 0.570. The molecule has 3 aromatic carbocycles. The Balaban J connectivity index is 1.22. The predicted octanol–water partition coefficient (Wildman–Crippen LogP) is 4.38. The van der Waals surface area contributed by atoms with Crippen LogP contribution in [0.4, 0.5) is 20.6 Å². The van der Waals surface area contributed by atoms with E-state index in [1.54, 1.807) is 17.0 Å². The monoisotopic (exact) mass is 459 g/mol. The van der Waals surface area contributed by atoms with Gasteiger partial charge in [-0.1, -0.05) is 48.5 Å². The lowest BCUT2D eigenvalue weighted by Crippen LogP contribution is -2.49. The van der Waals surface area contributed by atoms with Gasteiger partial charge in [0.05, 0.1) is 11.6 Å². The Morgan fingerprint density at radius 2 is 1.53 bits per heavy atom. The second-order valence-corrected chi connectivity index (χ2v) is 8.93. The smallest absolute Gasteiger partial charge is 0.329 e. The van der Waals surface area contributed by atoms with Crippen LogP contribution in [-0.4, -0.2) is 48.2 Å². The van der Waals surface area contributed by atoms with Gasteiger partial charge in [0.2, 0.25) is 0 Å². The van der Waals surface area contributed by atoms with Gasteiger partial charge in [0.1, 0.15) is 5.82 Å². The first-order valence-corrected chi connectivity index (χ1v) is 11.4. The number of rotatable bonds is 7. The molecule has 2 aliphatic rings. The van der Waals surface area contributed by atoms with Crippen LogP contribution in [0, 0.1) is 11.7 Å². The number of carbonyl (C=O) groups excluding carboxylic acids is 1. The molecule has 0 saturated carbocycles. The molecule has 2 heterocycles. The van der Waals surface area contributed by atoms with Crippen molar-refractivity contribution in [3.05, 3.63) is 95.3 Å². The van der Waals surface area contributed by atoms with Gasteiger partial charge in [-0.05, 0) is 47.4 Å². The number of benzene rings is 3. The maximum Gasteiger partial charge on any atom is 0.329 e. The van der Waals surface area contributed by atoms with Crippen LogP contribution in [0.3, 0.4) is 0 Å². The van der Waals surface area contributed by atoms with E-state index in [-0.39, 0.29) is 17.6 Å². The Bertz CT molecular complexity index is 1190. The molecule has 2 aliphatic heterocycles. The van der Waals surface area contributed by atoms with E-state index in [1.165, 1.54) is 16.5 Å². The number of likely N-dealkylation sites (tertiary alicyclic amines) is 1. The standard InChI is InChI=1S/C27H26FN3O3/c28-24-15-21(16-29-17-22(18-29)26(32)33)8-11-25(24)31-13-12-30(27(31)34)23-9-6-20(7-10-23)14-19-4-2-1-3-5-19/h1-11,15,22H,12-14,16-18H2,(H,32,33). The summed E-state index contributed by atoms with van der Waals surface area (Å²) in [5.74, 6) is -1.58. The Hall–Kier alpha value is -3.71. The number of urea groups is 1. The second-order valence-electron chi connectivity index (χ2n) is 8.93. The van der Waals surface area contributed by atoms with Crippen LogP contribution in [0.5, 0.6) is 0 Å². The van der Waals surface area contributed by atoms with Crippen LogP contribution in [0.1, 0.15) is 16.7 Å². The van der Waals surface area contributed by atoms with Crippen LogP contribution in [0.15, 0.2) is 72.8 Å². The number of hydrogen-bond acceptors (Lipinski definition) is 3. The van der Waals surface area contributed by atoms with E-state index in [0.717, 1.165) is 23.2 Å². The second kappa shape index (κ2) is 9.27. The number of carbonyl (C=O) groups is 2. The number of aliphatic carboxylic acids is 1. The van der Waals surface area contributed by atoms with Crippen LogP contribution in [0.2, 0.25) is 0 Å².